The quantitative estimate of drug-likeness (QED) is 0.749. The molecule has 0 bridgehead atoms. The van der Waals surface area contributed by atoms with Crippen LogP contribution in [0.2, 0.25) is 0 Å². The van der Waals surface area contributed by atoms with E-state index in [-0.39, 0.29) is 12.5 Å². The normalized spacial score (nSPS) is 12.5. The molecule has 1 aromatic rings. The monoisotopic (exact) mass is 200 g/mol. The number of carbonyl (C=O) groups is 1. The molecule has 0 saturated carbocycles. The van der Waals surface area contributed by atoms with Crippen molar-refractivity contribution in [1.29, 1.82) is 0 Å². The summed E-state index contributed by atoms with van der Waals surface area (Å²) in [6, 6.07) is 0. The summed E-state index contributed by atoms with van der Waals surface area (Å²) in [6.45, 7) is 3.68. The van der Waals surface area contributed by atoms with Gasteiger partial charge in [-0.1, -0.05) is 0 Å². The van der Waals surface area contributed by atoms with Crippen LogP contribution in [0, 0.1) is 6.92 Å². The molecule has 1 heterocycles. The molecule has 0 spiro atoms. The predicted molar refractivity (Wildman–Crippen MR) is 50.9 cm³/mol. The van der Waals surface area contributed by atoms with E-state index in [1.165, 1.54) is 11.3 Å². The van der Waals surface area contributed by atoms with Gasteiger partial charge in [-0.25, -0.2) is 4.98 Å². The van der Waals surface area contributed by atoms with Crippen molar-refractivity contribution in [2.75, 3.05) is 6.54 Å². The molecule has 1 aromatic heterocycles. The molecule has 1 rings (SSSR count). The van der Waals surface area contributed by atoms with Crippen LogP contribution < -0.4 is 5.32 Å². The number of aryl methyl sites for hydroxylation is 1. The van der Waals surface area contributed by atoms with Crippen molar-refractivity contribution in [1.82, 2.24) is 10.3 Å². The first-order valence-electron chi connectivity index (χ1n) is 3.97. The molecule has 0 saturated heterocycles. The number of amides is 1. The molecule has 0 unspecified atom stereocenters. The molecule has 1 amide bonds. The van der Waals surface area contributed by atoms with Gasteiger partial charge in [0, 0.05) is 6.54 Å². The molecule has 0 aliphatic rings. The van der Waals surface area contributed by atoms with Crippen LogP contribution in [0.3, 0.4) is 0 Å². The summed E-state index contributed by atoms with van der Waals surface area (Å²) in [5.41, 5.74) is 2.36. The second-order valence-corrected chi connectivity index (χ2v) is 3.68. The lowest BCUT2D eigenvalue weighted by molar-refractivity contribution is 0.0927. The van der Waals surface area contributed by atoms with Crippen molar-refractivity contribution in [2.45, 2.75) is 20.0 Å². The average molecular weight is 200 g/mol. The maximum atomic E-state index is 11.4. The Balaban J connectivity index is 2.54. The number of rotatable bonds is 3. The predicted octanol–water partition coefficient (Wildman–Crippen LogP) is 0.562. The largest absolute Gasteiger partial charge is 0.392 e. The molecule has 2 N–H and O–H groups in total. The van der Waals surface area contributed by atoms with Crippen LogP contribution in [-0.2, 0) is 0 Å². The van der Waals surface area contributed by atoms with Crippen LogP contribution in [0.1, 0.15) is 22.3 Å². The maximum Gasteiger partial charge on any atom is 0.263 e. The van der Waals surface area contributed by atoms with Crippen molar-refractivity contribution in [3.8, 4) is 0 Å². The molecule has 4 nitrogen and oxygen atoms in total. The second kappa shape index (κ2) is 4.34. The third-order valence-corrected chi connectivity index (χ3v) is 2.44. The van der Waals surface area contributed by atoms with E-state index in [1.807, 2.05) is 0 Å². The summed E-state index contributed by atoms with van der Waals surface area (Å²) >= 11 is 1.30. The molecule has 0 aromatic carbocycles. The standard InChI is InChI=1S/C8H12N2O2S/c1-5(11)3-9-8(12)7-6(2)10-4-13-7/h4-5,11H,3H2,1-2H3,(H,9,12)/t5-/m0/s1. The minimum Gasteiger partial charge on any atom is -0.392 e. The van der Waals surface area contributed by atoms with Gasteiger partial charge in [0.1, 0.15) is 4.88 Å². The molecule has 0 aliphatic heterocycles. The molecule has 13 heavy (non-hydrogen) atoms. The number of aromatic nitrogens is 1. The molecule has 72 valence electrons. The summed E-state index contributed by atoms with van der Waals surface area (Å²) < 4.78 is 0. The molecule has 1 atom stereocenters. The number of nitrogens with one attached hydrogen (secondary N) is 1. The van der Waals surface area contributed by atoms with E-state index >= 15 is 0 Å². The zero-order valence-electron chi connectivity index (χ0n) is 7.57. The fourth-order valence-corrected chi connectivity index (χ4v) is 1.56. The Morgan fingerprint density at radius 2 is 2.54 bits per heavy atom. The van der Waals surface area contributed by atoms with E-state index in [1.54, 1.807) is 19.4 Å². The highest BCUT2D eigenvalue weighted by molar-refractivity contribution is 7.11. The third-order valence-electron chi connectivity index (χ3n) is 1.51. The van der Waals surface area contributed by atoms with Gasteiger partial charge in [-0.15, -0.1) is 11.3 Å². The second-order valence-electron chi connectivity index (χ2n) is 2.83. The number of aliphatic hydroxyl groups is 1. The first-order valence-corrected chi connectivity index (χ1v) is 4.85. The number of thiazole rings is 1. The highest BCUT2D eigenvalue weighted by Crippen LogP contribution is 2.11. The van der Waals surface area contributed by atoms with Crippen LogP contribution in [0.5, 0.6) is 0 Å². The van der Waals surface area contributed by atoms with E-state index < -0.39 is 6.10 Å². The van der Waals surface area contributed by atoms with Gasteiger partial charge in [-0.05, 0) is 13.8 Å². The van der Waals surface area contributed by atoms with Crippen LogP contribution in [-0.4, -0.2) is 28.6 Å². The lowest BCUT2D eigenvalue weighted by Gasteiger charge is -2.05. The Labute approximate surface area is 80.6 Å². The fraction of sp³-hybridized carbons (Fsp3) is 0.500. The van der Waals surface area contributed by atoms with Gasteiger partial charge in [0.2, 0.25) is 0 Å². The maximum absolute atomic E-state index is 11.4. The number of hydrogen-bond donors (Lipinski definition) is 2. The van der Waals surface area contributed by atoms with Gasteiger partial charge >= 0.3 is 0 Å². The zero-order valence-corrected chi connectivity index (χ0v) is 8.39. The Kier molecular flexibility index (Phi) is 3.39. The molecule has 5 heteroatoms. The van der Waals surface area contributed by atoms with E-state index in [4.69, 9.17) is 5.11 Å². The Morgan fingerprint density at radius 1 is 1.85 bits per heavy atom. The molecule has 0 aliphatic carbocycles. The Bertz CT molecular complexity index is 296. The van der Waals surface area contributed by atoms with Crippen LogP contribution in [0.25, 0.3) is 0 Å². The first-order chi connectivity index (χ1) is 6.11. The van der Waals surface area contributed by atoms with Crippen LogP contribution in [0.15, 0.2) is 5.51 Å². The van der Waals surface area contributed by atoms with E-state index in [0.29, 0.717) is 4.88 Å². The number of carbonyl (C=O) groups excluding carboxylic acids is 1. The molecular weight excluding hydrogens is 188 g/mol. The van der Waals surface area contributed by atoms with Gasteiger partial charge < -0.3 is 10.4 Å². The lowest BCUT2D eigenvalue weighted by Crippen LogP contribution is -2.30. The van der Waals surface area contributed by atoms with Crippen molar-refractivity contribution in [2.24, 2.45) is 0 Å². The summed E-state index contributed by atoms with van der Waals surface area (Å²) in [5, 5.41) is 11.5. The minimum atomic E-state index is -0.517. The summed E-state index contributed by atoms with van der Waals surface area (Å²) in [7, 11) is 0. The third kappa shape index (κ3) is 2.78. The van der Waals surface area contributed by atoms with Crippen molar-refractivity contribution < 1.29 is 9.90 Å². The highest BCUT2D eigenvalue weighted by atomic mass is 32.1. The van der Waals surface area contributed by atoms with Gasteiger partial charge in [-0.2, -0.15) is 0 Å². The van der Waals surface area contributed by atoms with Crippen molar-refractivity contribution >= 4 is 17.2 Å². The van der Waals surface area contributed by atoms with Crippen LogP contribution in [0.4, 0.5) is 0 Å². The average Bonchev–Trinajstić information content (AvgIpc) is 2.47. The van der Waals surface area contributed by atoms with E-state index in [9.17, 15) is 4.79 Å². The first kappa shape index (κ1) is 10.1. The van der Waals surface area contributed by atoms with Crippen LogP contribution >= 0.6 is 11.3 Å². The lowest BCUT2D eigenvalue weighted by atomic mass is 10.3. The zero-order chi connectivity index (χ0) is 9.84. The molecule has 0 fully saturated rings. The van der Waals surface area contributed by atoms with Gasteiger partial charge in [0.25, 0.3) is 5.91 Å². The highest BCUT2D eigenvalue weighted by Gasteiger charge is 2.11. The number of aliphatic hydroxyl groups excluding tert-OH is 1. The topological polar surface area (TPSA) is 62.2 Å². The minimum absolute atomic E-state index is 0.166. The Morgan fingerprint density at radius 3 is 3.00 bits per heavy atom. The van der Waals surface area contributed by atoms with Crippen molar-refractivity contribution in [3.63, 3.8) is 0 Å². The molecular formula is C8H12N2O2S. The smallest absolute Gasteiger partial charge is 0.263 e. The summed E-state index contributed by atoms with van der Waals surface area (Å²) in [4.78, 5) is 16.0. The molecule has 0 radical (unpaired) electrons. The van der Waals surface area contributed by atoms with E-state index in [2.05, 4.69) is 10.3 Å². The summed E-state index contributed by atoms with van der Waals surface area (Å²) in [5.74, 6) is -0.166. The number of nitrogens with zero attached hydrogens (tertiary/aromatic N) is 1. The van der Waals surface area contributed by atoms with Gasteiger partial charge in [-0.3, -0.25) is 4.79 Å². The van der Waals surface area contributed by atoms with E-state index in [0.717, 1.165) is 5.69 Å². The summed E-state index contributed by atoms with van der Waals surface area (Å²) in [6.07, 6.45) is -0.517. The Hall–Kier alpha value is -0.940. The number of hydrogen-bond acceptors (Lipinski definition) is 4. The van der Waals surface area contributed by atoms with Gasteiger partial charge in [0.15, 0.2) is 0 Å². The van der Waals surface area contributed by atoms with Gasteiger partial charge in [0.05, 0.1) is 17.3 Å². The van der Waals surface area contributed by atoms with Crippen molar-refractivity contribution in [3.05, 3.63) is 16.1 Å². The SMILES string of the molecule is Cc1ncsc1C(=O)NC[C@H](C)O. The fourth-order valence-electron chi connectivity index (χ4n) is 0.841.